The number of hydrogen-bond donors (Lipinski definition) is 1. The molecule has 12 heavy (non-hydrogen) atoms. The van der Waals surface area contributed by atoms with E-state index in [0.717, 1.165) is 37.8 Å². The molecule has 0 spiro atoms. The number of methoxy groups -OCH3 is 1. The molecule has 1 N–H and O–H groups in total. The van der Waals surface area contributed by atoms with Crippen molar-refractivity contribution in [1.82, 2.24) is 0 Å². The first-order chi connectivity index (χ1) is 5.79. The van der Waals surface area contributed by atoms with E-state index < -0.39 is 0 Å². The second-order valence-corrected chi connectivity index (χ2v) is 3.93. The van der Waals surface area contributed by atoms with Crippen molar-refractivity contribution < 1.29 is 9.94 Å². The van der Waals surface area contributed by atoms with Gasteiger partial charge < -0.3 is 9.94 Å². The molecule has 0 aliphatic heterocycles. The van der Waals surface area contributed by atoms with Crippen LogP contribution in [0.15, 0.2) is 5.16 Å². The van der Waals surface area contributed by atoms with Crippen LogP contribution in [0.3, 0.4) is 0 Å². The van der Waals surface area contributed by atoms with Gasteiger partial charge in [0, 0.05) is 19.4 Å². The maximum Gasteiger partial charge on any atom is 0.0732 e. The zero-order chi connectivity index (χ0) is 8.60. The van der Waals surface area contributed by atoms with Crippen LogP contribution in [-0.4, -0.2) is 23.6 Å². The zero-order valence-corrected chi connectivity index (χ0v) is 7.42. The van der Waals surface area contributed by atoms with E-state index >= 15 is 0 Å². The molecule has 0 aromatic carbocycles. The van der Waals surface area contributed by atoms with Gasteiger partial charge in [0.25, 0.3) is 0 Å². The predicted molar refractivity (Wildman–Crippen MR) is 45.5 cm³/mol. The Balaban J connectivity index is 2.20. The number of hydrogen-bond acceptors (Lipinski definition) is 3. The molecule has 0 atom stereocenters. The summed E-state index contributed by atoms with van der Waals surface area (Å²) in [4.78, 5) is 0. The molecule has 0 heterocycles. The van der Waals surface area contributed by atoms with E-state index in [1.807, 2.05) is 0 Å². The van der Waals surface area contributed by atoms with E-state index in [4.69, 9.17) is 9.94 Å². The number of fused-ring (bicyclic) bond motifs is 3. The summed E-state index contributed by atoms with van der Waals surface area (Å²) in [5.41, 5.74) is 0.963. The van der Waals surface area contributed by atoms with E-state index in [1.54, 1.807) is 7.11 Å². The largest absolute Gasteiger partial charge is 0.411 e. The average molecular weight is 169 g/mol. The van der Waals surface area contributed by atoms with Gasteiger partial charge in [0.2, 0.25) is 0 Å². The smallest absolute Gasteiger partial charge is 0.0732 e. The van der Waals surface area contributed by atoms with Gasteiger partial charge in [-0.1, -0.05) is 5.16 Å². The first-order valence-electron chi connectivity index (χ1n) is 4.56. The molecule has 3 fully saturated rings. The molecular weight excluding hydrogens is 154 g/mol. The van der Waals surface area contributed by atoms with Crippen LogP contribution in [0.4, 0.5) is 0 Å². The fourth-order valence-corrected chi connectivity index (χ4v) is 2.52. The number of nitrogens with zero attached hydrogens (tertiary/aromatic N) is 1. The second kappa shape index (κ2) is 2.73. The monoisotopic (exact) mass is 169 g/mol. The summed E-state index contributed by atoms with van der Waals surface area (Å²) in [5, 5.41) is 12.1. The fraction of sp³-hybridized carbons (Fsp3) is 0.889. The molecule has 3 nitrogen and oxygen atoms in total. The van der Waals surface area contributed by atoms with Crippen LogP contribution in [0, 0.1) is 5.92 Å². The predicted octanol–water partition coefficient (Wildman–Crippen LogP) is 1.80. The molecule has 0 aromatic rings. The van der Waals surface area contributed by atoms with Crippen LogP contribution < -0.4 is 0 Å². The maximum absolute atomic E-state index is 8.76. The van der Waals surface area contributed by atoms with E-state index in [0.29, 0.717) is 5.92 Å². The van der Waals surface area contributed by atoms with E-state index in [9.17, 15) is 0 Å². The van der Waals surface area contributed by atoms with Crippen LogP contribution in [0.1, 0.15) is 32.1 Å². The van der Waals surface area contributed by atoms with Gasteiger partial charge in [-0.2, -0.15) is 0 Å². The van der Waals surface area contributed by atoms with Crippen LogP contribution in [0.5, 0.6) is 0 Å². The molecule has 0 saturated heterocycles. The lowest BCUT2D eigenvalue weighted by Gasteiger charge is -2.45. The molecule has 2 bridgehead atoms. The molecule has 0 radical (unpaired) electrons. The van der Waals surface area contributed by atoms with Gasteiger partial charge in [-0.3, -0.25) is 0 Å². The van der Waals surface area contributed by atoms with Crippen LogP contribution in [0.2, 0.25) is 0 Å². The van der Waals surface area contributed by atoms with Gasteiger partial charge >= 0.3 is 0 Å². The van der Waals surface area contributed by atoms with Crippen LogP contribution in [0.25, 0.3) is 0 Å². The van der Waals surface area contributed by atoms with Gasteiger partial charge in [0.05, 0.1) is 11.3 Å². The summed E-state index contributed by atoms with van der Waals surface area (Å²) in [7, 11) is 1.76. The molecule has 3 aliphatic carbocycles. The average Bonchev–Trinajstić information content (AvgIpc) is 2.19. The molecule has 3 aliphatic rings. The van der Waals surface area contributed by atoms with Crippen molar-refractivity contribution in [1.29, 1.82) is 0 Å². The Kier molecular flexibility index (Phi) is 1.83. The van der Waals surface area contributed by atoms with Crippen molar-refractivity contribution in [2.45, 2.75) is 37.7 Å². The summed E-state index contributed by atoms with van der Waals surface area (Å²) in [6.45, 7) is 0. The second-order valence-electron chi connectivity index (χ2n) is 3.93. The Morgan fingerprint density at radius 2 is 2.17 bits per heavy atom. The Labute approximate surface area is 72.4 Å². The minimum atomic E-state index is 0.0102. The number of rotatable bonds is 1. The van der Waals surface area contributed by atoms with Crippen molar-refractivity contribution in [3.8, 4) is 0 Å². The van der Waals surface area contributed by atoms with E-state index in [1.165, 1.54) is 0 Å². The lowest BCUT2D eigenvalue weighted by atomic mass is 9.66. The lowest BCUT2D eigenvalue weighted by molar-refractivity contribution is -0.0518. The molecule has 0 aromatic heterocycles. The van der Waals surface area contributed by atoms with Gasteiger partial charge in [-0.15, -0.1) is 0 Å². The quantitative estimate of drug-likeness (QED) is 0.480. The molecule has 0 unspecified atom stereocenters. The Morgan fingerprint density at radius 1 is 1.50 bits per heavy atom. The standard InChI is InChI=1S/C9H15NO2/c1-12-9-4-2-7(3-5-9)8(6-9)10-11/h7,11H,2-6H2,1H3/b10-8-. The van der Waals surface area contributed by atoms with Gasteiger partial charge in [0.1, 0.15) is 0 Å². The SMILES string of the molecule is COC12CCC(CC1)/C(=N\O)C2. The highest BCUT2D eigenvalue weighted by molar-refractivity contribution is 5.88. The summed E-state index contributed by atoms with van der Waals surface area (Å²) in [6.07, 6.45) is 5.37. The Bertz CT molecular complexity index is 205. The Morgan fingerprint density at radius 3 is 2.67 bits per heavy atom. The lowest BCUT2D eigenvalue weighted by Crippen LogP contribution is -2.46. The summed E-state index contributed by atoms with van der Waals surface area (Å²) >= 11 is 0. The molecule has 68 valence electrons. The first kappa shape index (κ1) is 8.05. The Hall–Kier alpha value is -0.570. The highest BCUT2D eigenvalue weighted by atomic mass is 16.5. The number of ether oxygens (including phenoxy) is 1. The van der Waals surface area contributed by atoms with Gasteiger partial charge in [-0.25, -0.2) is 0 Å². The van der Waals surface area contributed by atoms with Crippen LogP contribution in [-0.2, 0) is 4.74 Å². The minimum Gasteiger partial charge on any atom is -0.411 e. The van der Waals surface area contributed by atoms with E-state index in [-0.39, 0.29) is 5.60 Å². The number of oxime groups is 1. The van der Waals surface area contributed by atoms with Crippen molar-refractivity contribution in [3.05, 3.63) is 0 Å². The third-order valence-electron chi connectivity index (χ3n) is 3.43. The highest BCUT2D eigenvalue weighted by Crippen LogP contribution is 2.44. The zero-order valence-electron chi connectivity index (χ0n) is 7.42. The summed E-state index contributed by atoms with van der Waals surface area (Å²) in [6, 6.07) is 0. The molecular formula is C9H15NO2. The molecule has 3 saturated carbocycles. The highest BCUT2D eigenvalue weighted by Gasteiger charge is 2.44. The van der Waals surface area contributed by atoms with Crippen molar-refractivity contribution >= 4 is 5.71 Å². The third kappa shape index (κ3) is 1.04. The van der Waals surface area contributed by atoms with Crippen molar-refractivity contribution in [2.75, 3.05) is 7.11 Å². The normalized spacial score (nSPS) is 43.8. The van der Waals surface area contributed by atoms with Gasteiger partial charge in [-0.05, 0) is 25.7 Å². The minimum absolute atomic E-state index is 0.0102. The summed E-state index contributed by atoms with van der Waals surface area (Å²) in [5.74, 6) is 0.534. The van der Waals surface area contributed by atoms with Gasteiger partial charge in [0.15, 0.2) is 0 Å². The maximum atomic E-state index is 8.76. The summed E-state index contributed by atoms with van der Waals surface area (Å²) < 4.78 is 5.51. The van der Waals surface area contributed by atoms with Crippen LogP contribution >= 0.6 is 0 Å². The topological polar surface area (TPSA) is 41.8 Å². The molecule has 3 heteroatoms. The molecule has 0 amide bonds. The third-order valence-corrected chi connectivity index (χ3v) is 3.43. The fourth-order valence-electron chi connectivity index (χ4n) is 2.52. The van der Waals surface area contributed by atoms with E-state index in [2.05, 4.69) is 5.16 Å². The molecule has 3 rings (SSSR count). The van der Waals surface area contributed by atoms with Crippen molar-refractivity contribution in [3.63, 3.8) is 0 Å². The van der Waals surface area contributed by atoms with Crippen molar-refractivity contribution in [2.24, 2.45) is 11.1 Å². The first-order valence-corrected chi connectivity index (χ1v) is 4.56.